The molecule has 1 aromatic carbocycles. The second kappa shape index (κ2) is 4.52. The Hall–Kier alpha value is -0.930. The van der Waals surface area contributed by atoms with Crippen LogP contribution in [0.3, 0.4) is 0 Å². The molecule has 0 radical (unpaired) electrons. The Morgan fingerprint density at radius 1 is 1.44 bits per heavy atom. The highest BCUT2D eigenvalue weighted by Gasteiger charge is 2.28. The van der Waals surface area contributed by atoms with Crippen LogP contribution in [0, 0.1) is 6.92 Å². The lowest BCUT2D eigenvalue weighted by atomic mass is 9.82. The van der Waals surface area contributed by atoms with Gasteiger partial charge in [-0.25, -0.2) is 0 Å². The number of phenolic OH excluding ortho intramolecular Hbond substituents is 1. The Bertz CT molecular complexity index is 400. The minimum Gasteiger partial charge on any atom is -0.504 e. The lowest BCUT2D eigenvalue weighted by molar-refractivity contribution is 0.213. The Labute approximate surface area is 101 Å². The summed E-state index contributed by atoms with van der Waals surface area (Å²) in [6.07, 6.45) is 0. The number of benzene rings is 1. The van der Waals surface area contributed by atoms with E-state index in [0.29, 0.717) is 10.8 Å². The van der Waals surface area contributed by atoms with Crippen LogP contribution in [-0.2, 0) is 5.41 Å². The van der Waals surface area contributed by atoms with Gasteiger partial charge in [0.1, 0.15) is 0 Å². The maximum Gasteiger partial charge on any atom is 0.164 e. The molecule has 16 heavy (non-hydrogen) atoms. The van der Waals surface area contributed by atoms with E-state index < -0.39 is 5.41 Å². The van der Waals surface area contributed by atoms with Gasteiger partial charge in [0, 0.05) is 22.1 Å². The summed E-state index contributed by atoms with van der Waals surface area (Å²) in [7, 11) is 1.49. The first-order valence-electron chi connectivity index (χ1n) is 5.02. The fourth-order valence-corrected chi connectivity index (χ4v) is 2.01. The van der Waals surface area contributed by atoms with Crippen LogP contribution < -0.4 is 4.74 Å². The highest BCUT2D eigenvalue weighted by Crippen LogP contribution is 2.43. The third kappa shape index (κ3) is 2.11. The number of ether oxygens (including phenoxy) is 1. The average molecular weight is 245 g/mol. The molecule has 0 aromatic heterocycles. The molecule has 0 aliphatic rings. The Kier molecular flexibility index (Phi) is 3.71. The average Bonchev–Trinajstić information content (AvgIpc) is 2.22. The molecule has 0 amide bonds. The number of hydrogen-bond acceptors (Lipinski definition) is 3. The summed E-state index contributed by atoms with van der Waals surface area (Å²) in [4.78, 5) is 0. The van der Waals surface area contributed by atoms with E-state index in [1.165, 1.54) is 13.2 Å². The van der Waals surface area contributed by atoms with Crippen LogP contribution in [0.5, 0.6) is 11.5 Å². The zero-order valence-corrected chi connectivity index (χ0v) is 10.7. The number of hydrogen-bond donors (Lipinski definition) is 2. The third-order valence-electron chi connectivity index (χ3n) is 2.73. The SMILES string of the molecule is COc1c(O)cc(Cl)c(C)c1C(C)(C)CO. The van der Waals surface area contributed by atoms with Crippen molar-refractivity contribution in [3.63, 3.8) is 0 Å². The van der Waals surface area contributed by atoms with Crippen LogP contribution in [0.15, 0.2) is 6.07 Å². The lowest BCUT2D eigenvalue weighted by Gasteiger charge is -2.27. The van der Waals surface area contributed by atoms with Crippen molar-refractivity contribution in [3.05, 3.63) is 22.2 Å². The summed E-state index contributed by atoms with van der Waals surface area (Å²) in [6, 6.07) is 1.45. The van der Waals surface area contributed by atoms with Crippen LogP contribution in [0.4, 0.5) is 0 Å². The van der Waals surface area contributed by atoms with Crippen molar-refractivity contribution < 1.29 is 14.9 Å². The van der Waals surface area contributed by atoms with E-state index in [1.807, 2.05) is 20.8 Å². The molecular weight excluding hydrogens is 228 g/mol. The Balaban J connectivity index is 3.57. The molecule has 0 aliphatic carbocycles. The number of methoxy groups -OCH3 is 1. The number of aromatic hydroxyl groups is 1. The summed E-state index contributed by atoms with van der Waals surface area (Å²) in [6.45, 7) is 5.53. The molecule has 0 atom stereocenters. The Morgan fingerprint density at radius 3 is 2.44 bits per heavy atom. The molecule has 90 valence electrons. The van der Waals surface area contributed by atoms with Crippen LogP contribution in [0.1, 0.15) is 25.0 Å². The summed E-state index contributed by atoms with van der Waals surface area (Å²) in [5.41, 5.74) is 1.04. The van der Waals surface area contributed by atoms with E-state index in [0.717, 1.165) is 11.1 Å². The molecule has 0 unspecified atom stereocenters. The maximum absolute atomic E-state index is 9.76. The monoisotopic (exact) mass is 244 g/mol. The molecule has 0 saturated carbocycles. The molecule has 2 N–H and O–H groups in total. The van der Waals surface area contributed by atoms with Gasteiger partial charge in [0.25, 0.3) is 0 Å². The van der Waals surface area contributed by atoms with Crippen LogP contribution >= 0.6 is 11.6 Å². The van der Waals surface area contributed by atoms with Crippen molar-refractivity contribution in [2.75, 3.05) is 13.7 Å². The Morgan fingerprint density at radius 2 is 2.00 bits per heavy atom. The van der Waals surface area contributed by atoms with Gasteiger partial charge in [-0.2, -0.15) is 0 Å². The smallest absolute Gasteiger partial charge is 0.164 e. The number of rotatable bonds is 3. The molecule has 1 aromatic rings. The van der Waals surface area contributed by atoms with E-state index in [1.54, 1.807) is 0 Å². The van der Waals surface area contributed by atoms with E-state index in [4.69, 9.17) is 16.3 Å². The van der Waals surface area contributed by atoms with Crippen LogP contribution in [0.25, 0.3) is 0 Å². The van der Waals surface area contributed by atoms with E-state index in [-0.39, 0.29) is 12.4 Å². The predicted octanol–water partition coefficient (Wildman–Crippen LogP) is 2.63. The first-order chi connectivity index (χ1) is 7.35. The normalized spacial score (nSPS) is 11.6. The number of aliphatic hydroxyl groups excluding tert-OH is 1. The van der Waals surface area contributed by atoms with Crippen molar-refractivity contribution >= 4 is 11.6 Å². The molecule has 0 spiro atoms. The molecule has 0 bridgehead atoms. The van der Waals surface area contributed by atoms with Crippen molar-refractivity contribution in [1.29, 1.82) is 0 Å². The van der Waals surface area contributed by atoms with Crippen LogP contribution in [-0.4, -0.2) is 23.9 Å². The van der Waals surface area contributed by atoms with Crippen molar-refractivity contribution in [2.45, 2.75) is 26.2 Å². The van der Waals surface area contributed by atoms with Gasteiger partial charge in [-0.15, -0.1) is 0 Å². The van der Waals surface area contributed by atoms with Gasteiger partial charge in [-0.05, 0) is 12.5 Å². The fraction of sp³-hybridized carbons (Fsp3) is 0.500. The topological polar surface area (TPSA) is 49.7 Å². The van der Waals surface area contributed by atoms with Crippen molar-refractivity contribution in [3.8, 4) is 11.5 Å². The number of phenols is 1. The van der Waals surface area contributed by atoms with Gasteiger partial charge in [-0.1, -0.05) is 25.4 Å². The molecular formula is C12H17ClO3. The van der Waals surface area contributed by atoms with E-state index in [9.17, 15) is 10.2 Å². The lowest BCUT2D eigenvalue weighted by Crippen LogP contribution is -2.24. The van der Waals surface area contributed by atoms with Gasteiger partial charge in [0.15, 0.2) is 11.5 Å². The second-order valence-corrected chi connectivity index (χ2v) is 4.86. The third-order valence-corrected chi connectivity index (χ3v) is 3.13. The van der Waals surface area contributed by atoms with Gasteiger partial charge < -0.3 is 14.9 Å². The molecule has 0 fully saturated rings. The highest BCUT2D eigenvalue weighted by atomic mass is 35.5. The summed E-state index contributed by atoms with van der Waals surface area (Å²) in [5.74, 6) is 0.371. The largest absolute Gasteiger partial charge is 0.504 e. The highest BCUT2D eigenvalue weighted by molar-refractivity contribution is 6.31. The number of halogens is 1. The minimum absolute atomic E-state index is 0.00498. The zero-order chi connectivity index (χ0) is 12.5. The standard InChI is InChI=1S/C12H17ClO3/c1-7-8(13)5-9(15)11(16-4)10(7)12(2,3)6-14/h5,14-15H,6H2,1-4H3. The van der Waals surface area contributed by atoms with Gasteiger partial charge in [0.05, 0.1) is 13.7 Å². The molecule has 0 saturated heterocycles. The van der Waals surface area contributed by atoms with Crippen molar-refractivity contribution in [1.82, 2.24) is 0 Å². The molecule has 0 aliphatic heterocycles. The van der Waals surface area contributed by atoms with E-state index >= 15 is 0 Å². The summed E-state index contributed by atoms with van der Waals surface area (Å²) < 4.78 is 5.18. The first-order valence-corrected chi connectivity index (χ1v) is 5.40. The first kappa shape index (κ1) is 13.1. The second-order valence-electron chi connectivity index (χ2n) is 4.45. The fourth-order valence-electron chi connectivity index (χ4n) is 1.81. The maximum atomic E-state index is 9.76. The van der Waals surface area contributed by atoms with Gasteiger partial charge in [0.2, 0.25) is 0 Å². The molecule has 1 rings (SSSR count). The minimum atomic E-state index is -0.516. The van der Waals surface area contributed by atoms with E-state index in [2.05, 4.69) is 0 Å². The molecule has 3 nitrogen and oxygen atoms in total. The summed E-state index contributed by atoms with van der Waals surface area (Å²) >= 11 is 6.01. The van der Waals surface area contributed by atoms with Crippen LogP contribution in [0.2, 0.25) is 5.02 Å². The molecule has 0 heterocycles. The predicted molar refractivity (Wildman–Crippen MR) is 64.5 cm³/mol. The number of aliphatic hydroxyl groups is 1. The van der Waals surface area contributed by atoms with Gasteiger partial charge in [-0.3, -0.25) is 0 Å². The molecule has 4 heteroatoms. The quantitative estimate of drug-likeness (QED) is 0.860. The van der Waals surface area contributed by atoms with Crippen molar-refractivity contribution in [2.24, 2.45) is 0 Å². The van der Waals surface area contributed by atoms with Gasteiger partial charge >= 0.3 is 0 Å². The summed E-state index contributed by atoms with van der Waals surface area (Å²) in [5, 5.41) is 19.6. The zero-order valence-electron chi connectivity index (χ0n) is 9.97.